The number of nitrogens with zero attached hydrogens (tertiary/aromatic N) is 2. The van der Waals surface area contributed by atoms with Gasteiger partial charge in [-0.05, 0) is 23.3 Å². The van der Waals surface area contributed by atoms with Gasteiger partial charge in [-0.2, -0.15) is 5.10 Å². The predicted octanol–water partition coefficient (Wildman–Crippen LogP) is 5.12. The minimum Gasteiger partial charge on any atom is -0.268 e. The summed E-state index contributed by atoms with van der Waals surface area (Å²) in [7, 11) is 0. The van der Waals surface area contributed by atoms with Crippen LogP contribution in [0.3, 0.4) is 0 Å². The molecule has 0 aliphatic carbocycles. The van der Waals surface area contributed by atoms with Crippen molar-refractivity contribution in [3.05, 3.63) is 75.4 Å². The summed E-state index contributed by atoms with van der Waals surface area (Å²) < 4.78 is 4.15. The molecule has 0 unspecified atom stereocenters. The van der Waals surface area contributed by atoms with E-state index in [-0.39, 0.29) is 0 Å². The van der Waals surface area contributed by atoms with Gasteiger partial charge in [-0.15, -0.1) is 0 Å². The quantitative estimate of drug-likeness (QED) is 0.605. The van der Waals surface area contributed by atoms with Gasteiger partial charge in [0.15, 0.2) is 0 Å². The van der Waals surface area contributed by atoms with E-state index >= 15 is 0 Å². The van der Waals surface area contributed by atoms with E-state index in [1.807, 2.05) is 47.3 Å². The Hall–Kier alpha value is -1.39. The van der Waals surface area contributed by atoms with Crippen LogP contribution in [0.1, 0.15) is 5.56 Å². The maximum atomic E-state index is 4.45. The van der Waals surface area contributed by atoms with Gasteiger partial charge < -0.3 is 0 Å². The van der Waals surface area contributed by atoms with Crippen LogP contribution in [0.15, 0.2) is 69.9 Å². The molecule has 3 aromatic rings. The molecule has 20 heavy (non-hydrogen) atoms. The second-order valence-electron chi connectivity index (χ2n) is 4.50. The van der Waals surface area contributed by atoms with Crippen LogP contribution in [0.2, 0.25) is 0 Å². The Morgan fingerprint density at radius 2 is 1.60 bits per heavy atom. The molecule has 0 saturated heterocycles. The molecular formula is C16H12Br2N2. The SMILES string of the molecule is Brc1ccccc1Cn1cc(-c2ccccc2Br)cn1. The molecule has 3 rings (SSSR count). The molecule has 0 aliphatic rings. The van der Waals surface area contributed by atoms with Crippen LogP contribution in [0.5, 0.6) is 0 Å². The molecule has 0 bridgehead atoms. The van der Waals surface area contributed by atoms with Crippen LogP contribution < -0.4 is 0 Å². The number of benzene rings is 2. The molecule has 0 fully saturated rings. The maximum absolute atomic E-state index is 4.45. The third-order valence-electron chi connectivity index (χ3n) is 3.11. The molecule has 0 saturated carbocycles. The highest BCUT2D eigenvalue weighted by molar-refractivity contribution is 9.10. The number of aromatic nitrogens is 2. The van der Waals surface area contributed by atoms with E-state index in [1.165, 1.54) is 5.56 Å². The fraction of sp³-hybridized carbons (Fsp3) is 0.0625. The van der Waals surface area contributed by atoms with Gasteiger partial charge in [0.25, 0.3) is 0 Å². The molecule has 0 atom stereocenters. The van der Waals surface area contributed by atoms with Gasteiger partial charge in [0.1, 0.15) is 0 Å². The molecule has 4 heteroatoms. The van der Waals surface area contributed by atoms with Crippen molar-refractivity contribution in [2.45, 2.75) is 6.54 Å². The first-order chi connectivity index (χ1) is 9.74. The normalized spacial score (nSPS) is 10.7. The van der Waals surface area contributed by atoms with Crippen molar-refractivity contribution in [3.63, 3.8) is 0 Å². The predicted molar refractivity (Wildman–Crippen MR) is 88.6 cm³/mol. The van der Waals surface area contributed by atoms with Crippen molar-refractivity contribution in [3.8, 4) is 11.1 Å². The summed E-state index contributed by atoms with van der Waals surface area (Å²) >= 11 is 7.14. The van der Waals surface area contributed by atoms with Crippen LogP contribution in [0.25, 0.3) is 11.1 Å². The van der Waals surface area contributed by atoms with Gasteiger partial charge in [-0.25, -0.2) is 0 Å². The highest BCUT2D eigenvalue weighted by Crippen LogP contribution is 2.27. The Kier molecular flexibility index (Phi) is 4.03. The molecule has 2 aromatic carbocycles. The zero-order valence-electron chi connectivity index (χ0n) is 10.6. The zero-order valence-corrected chi connectivity index (χ0v) is 13.8. The van der Waals surface area contributed by atoms with Crippen molar-refractivity contribution in [2.24, 2.45) is 0 Å². The lowest BCUT2D eigenvalue weighted by Crippen LogP contribution is -2.00. The number of halogens is 2. The topological polar surface area (TPSA) is 17.8 Å². The highest BCUT2D eigenvalue weighted by Gasteiger charge is 2.06. The van der Waals surface area contributed by atoms with E-state index in [2.05, 4.69) is 55.3 Å². The van der Waals surface area contributed by atoms with Crippen LogP contribution in [0.4, 0.5) is 0 Å². The minimum absolute atomic E-state index is 0.756. The van der Waals surface area contributed by atoms with E-state index in [9.17, 15) is 0 Å². The van der Waals surface area contributed by atoms with Gasteiger partial charge >= 0.3 is 0 Å². The fourth-order valence-corrected chi connectivity index (χ4v) is 3.01. The van der Waals surface area contributed by atoms with E-state index in [0.717, 1.165) is 26.6 Å². The van der Waals surface area contributed by atoms with E-state index in [1.54, 1.807) is 0 Å². The zero-order chi connectivity index (χ0) is 13.9. The summed E-state index contributed by atoms with van der Waals surface area (Å²) in [6.07, 6.45) is 3.97. The molecule has 0 N–H and O–H groups in total. The van der Waals surface area contributed by atoms with Crippen LogP contribution in [-0.4, -0.2) is 9.78 Å². The summed E-state index contributed by atoms with van der Waals surface area (Å²) in [5.41, 5.74) is 3.49. The van der Waals surface area contributed by atoms with Gasteiger partial charge in [-0.3, -0.25) is 4.68 Å². The van der Waals surface area contributed by atoms with Crippen molar-refractivity contribution < 1.29 is 0 Å². The van der Waals surface area contributed by atoms with Crippen molar-refractivity contribution in [2.75, 3.05) is 0 Å². The first-order valence-corrected chi connectivity index (χ1v) is 7.83. The molecule has 0 spiro atoms. The van der Waals surface area contributed by atoms with Crippen LogP contribution >= 0.6 is 31.9 Å². The average Bonchev–Trinajstić information content (AvgIpc) is 2.90. The smallest absolute Gasteiger partial charge is 0.0670 e. The van der Waals surface area contributed by atoms with Crippen molar-refractivity contribution in [1.29, 1.82) is 0 Å². The third-order valence-corrected chi connectivity index (χ3v) is 4.57. The molecule has 2 nitrogen and oxygen atoms in total. The van der Waals surface area contributed by atoms with Gasteiger partial charge in [0.2, 0.25) is 0 Å². The molecule has 0 amide bonds. The van der Waals surface area contributed by atoms with Crippen molar-refractivity contribution in [1.82, 2.24) is 9.78 Å². The Morgan fingerprint density at radius 1 is 0.900 bits per heavy atom. The second-order valence-corrected chi connectivity index (χ2v) is 6.21. The van der Waals surface area contributed by atoms with Gasteiger partial charge in [0, 0.05) is 20.7 Å². The lowest BCUT2D eigenvalue weighted by Gasteiger charge is -2.04. The Morgan fingerprint density at radius 3 is 2.35 bits per heavy atom. The van der Waals surface area contributed by atoms with E-state index in [0.29, 0.717) is 0 Å². The maximum Gasteiger partial charge on any atom is 0.0670 e. The highest BCUT2D eigenvalue weighted by atomic mass is 79.9. The van der Waals surface area contributed by atoms with Crippen LogP contribution in [-0.2, 0) is 6.54 Å². The van der Waals surface area contributed by atoms with Gasteiger partial charge in [0.05, 0.1) is 12.7 Å². The molecule has 1 aromatic heterocycles. The van der Waals surface area contributed by atoms with Crippen molar-refractivity contribution >= 4 is 31.9 Å². The van der Waals surface area contributed by atoms with E-state index < -0.39 is 0 Å². The Balaban J connectivity index is 1.88. The first kappa shape index (κ1) is 13.6. The first-order valence-electron chi connectivity index (χ1n) is 6.25. The standard InChI is InChI=1S/C16H12Br2N2/c17-15-7-3-1-5-12(15)10-20-11-13(9-19-20)14-6-2-4-8-16(14)18/h1-9,11H,10H2. The Labute approximate surface area is 134 Å². The molecule has 0 radical (unpaired) electrons. The number of hydrogen-bond donors (Lipinski definition) is 0. The molecule has 0 aliphatic heterocycles. The lowest BCUT2D eigenvalue weighted by molar-refractivity contribution is 0.685. The summed E-state index contributed by atoms with van der Waals surface area (Å²) in [5.74, 6) is 0. The Bertz CT molecular complexity index is 735. The summed E-state index contributed by atoms with van der Waals surface area (Å²) in [6, 6.07) is 16.4. The molecule has 100 valence electrons. The number of rotatable bonds is 3. The van der Waals surface area contributed by atoms with Crippen LogP contribution in [0, 0.1) is 0 Å². The lowest BCUT2D eigenvalue weighted by atomic mass is 10.1. The molecule has 1 heterocycles. The van der Waals surface area contributed by atoms with E-state index in [4.69, 9.17) is 0 Å². The third kappa shape index (κ3) is 2.86. The largest absolute Gasteiger partial charge is 0.268 e. The molecular weight excluding hydrogens is 380 g/mol. The second kappa shape index (κ2) is 5.94. The monoisotopic (exact) mass is 390 g/mol. The van der Waals surface area contributed by atoms with Gasteiger partial charge in [-0.1, -0.05) is 68.3 Å². The summed E-state index contributed by atoms with van der Waals surface area (Å²) in [5, 5.41) is 4.45. The summed E-state index contributed by atoms with van der Waals surface area (Å²) in [6.45, 7) is 0.756. The average molecular weight is 392 g/mol. The summed E-state index contributed by atoms with van der Waals surface area (Å²) in [4.78, 5) is 0. The number of hydrogen-bond acceptors (Lipinski definition) is 1. The fourth-order valence-electron chi connectivity index (χ4n) is 2.09. The minimum atomic E-state index is 0.756.